The number of hydrogen-bond acceptors (Lipinski definition) is 5. The maximum absolute atomic E-state index is 11.3. The van der Waals surface area contributed by atoms with Crippen molar-refractivity contribution in [3.63, 3.8) is 0 Å². The summed E-state index contributed by atoms with van der Waals surface area (Å²) in [5.41, 5.74) is 2.28. The summed E-state index contributed by atoms with van der Waals surface area (Å²) >= 11 is 11.1. The van der Waals surface area contributed by atoms with E-state index < -0.39 is 0 Å². The molecule has 0 atom stereocenters. The van der Waals surface area contributed by atoms with E-state index in [0.717, 1.165) is 28.5 Å². The van der Waals surface area contributed by atoms with Crippen molar-refractivity contribution in [1.29, 1.82) is 0 Å². The summed E-state index contributed by atoms with van der Waals surface area (Å²) in [6.45, 7) is 1.30. The van der Waals surface area contributed by atoms with Gasteiger partial charge in [0.15, 0.2) is 0 Å². The van der Waals surface area contributed by atoms with Gasteiger partial charge in [-0.3, -0.25) is 0 Å². The second-order valence-corrected chi connectivity index (χ2v) is 7.36. The summed E-state index contributed by atoms with van der Waals surface area (Å²) in [5, 5.41) is 22.6. The number of pyridine rings is 2. The summed E-state index contributed by atoms with van der Waals surface area (Å²) in [7, 11) is 0. The number of hydrogen-bond donors (Lipinski definition) is 0. The summed E-state index contributed by atoms with van der Waals surface area (Å²) in [6, 6.07) is 26.3. The van der Waals surface area contributed by atoms with Crippen LogP contribution in [0.1, 0.15) is 11.1 Å². The van der Waals surface area contributed by atoms with Crippen molar-refractivity contribution in [1.82, 2.24) is 9.13 Å². The van der Waals surface area contributed by atoms with E-state index in [0.29, 0.717) is 22.4 Å². The third-order valence-corrected chi connectivity index (χ3v) is 5.23. The van der Waals surface area contributed by atoms with Crippen LogP contribution in [0.4, 0.5) is 0 Å². The molecule has 0 aliphatic heterocycles. The standard InChI is InChI=1S/2C12H11NOS.O.V/c2*14-11-7-4-8-13(12(11)15)9-10-5-2-1-3-6-10;;/h2*1-8,14H,9H2;;/q;;;+2/p-2. The van der Waals surface area contributed by atoms with E-state index in [1.54, 1.807) is 21.3 Å². The molecular formula is C24H20N2O3S2V. The van der Waals surface area contributed by atoms with Crippen LogP contribution in [0.15, 0.2) is 97.3 Å². The van der Waals surface area contributed by atoms with Crippen LogP contribution in [0.3, 0.4) is 0 Å². The molecule has 2 aromatic heterocycles. The zero-order valence-corrected chi connectivity index (χ0v) is 20.1. The molecule has 0 unspecified atom stereocenters. The Morgan fingerprint density at radius 3 is 1.28 bits per heavy atom. The van der Waals surface area contributed by atoms with Gasteiger partial charge < -0.3 is 19.3 Å². The molecule has 161 valence electrons. The van der Waals surface area contributed by atoms with Gasteiger partial charge >= 0.3 is 21.0 Å². The van der Waals surface area contributed by atoms with E-state index in [2.05, 4.69) is 0 Å². The SMILES string of the molecule is [O-]c1cccn(Cc2ccccc2)c1=S.[O-]c1cccn(Cc2ccccc2)c1=S.[O]=[V+2]. The molecule has 2 aromatic carbocycles. The molecule has 0 radical (unpaired) electrons. The van der Waals surface area contributed by atoms with Gasteiger partial charge in [-0.15, -0.1) is 0 Å². The number of nitrogens with zero attached hydrogens (tertiary/aromatic N) is 2. The number of aromatic nitrogens is 2. The van der Waals surface area contributed by atoms with Gasteiger partial charge in [-0.25, -0.2) is 0 Å². The molecule has 0 bridgehead atoms. The van der Waals surface area contributed by atoms with Crippen molar-refractivity contribution in [2.45, 2.75) is 13.1 Å². The van der Waals surface area contributed by atoms with Gasteiger partial charge in [-0.05, 0) is 23.3 Å². The first kappa shape index (κ1) is 25.4. The summed E-state index contributed by atoms with van der Waals surface area (Å²) in [6.07, 6.45) is 3.66. The molecule has 8 heteroatoms. The molecule has 4 aromatic rings. The normalized spacial score (nSPS) is 9.69. The number of rotatable bonds is 4. The van der Waals surface area contributed by atoms with Crippen molar-refractivity contribution >= 4 is 24.4 Å². The van der Waals surface area contributed by atoms with E-state index in [4.69, 9.17) is 28.1 Å². The monoisotopic (exact) mass is 499 g/mol. The average molecular weight is 500 g/mol. The molecule has 0 amide bonds. The zero-order chi connectivity index (χ0) is 23.3. The summed E-state index contributed by atoms with van der Waals surface area (Å²) < 4.78 is 12.5. The quantitative estimate of drug-likeness (QED) is 0.385. The van der Waals surface area contributed by atoms with Crippen LogP contribution in [-0.4, -0.2) is 9.13 Å². The predicted molar refractivity (Wildman–Crippen MR) is 121 cm³/mol. The van der Waals surface area contributed by atoms with Gasteiger partial charge in [0.25, 0.3) is 0 Å². The van der Waals surface area contributed by atoms with Gasteiger partial charge in [0.05, 0.1) is 9.28 Å². The molecule has 0 saturated carbocycles. The fourth-order valence-corrected chi connectivity index (χ4v) is 3.23. The fourth-order valence-electron chi connectivity index (χ4n) is 2.84. The van der Waals surface area contributed by atoms with Crippen LogP contribution < -0.4 is 10.2 Å². The van der Waals surface area contributed by atoms with E-state index in [9.17, 15) is 10.2 Å². The maximum atomic E-state index is 11.3. The van der Waals surface area contributed by atoms with E-state index >= 15 is 0 Å². The third kappa shape index (κ3) is 7.69. The third-order valence-electron chi connectivity index (χ3n) is 4.36. The first-order chi connectivity index (χ1) is 15.5. The predicted octanol–water partition coefficient (Wildman–Crippen LogP) is 4.56. The van der Waals surface area contributed by atoms with Crippen LogP contribution in [0.2, 0.25) is 0 Å². The zero-order valence-electron chi connectivity index (χ0n) is 17.0. The minimum absolute atomic E-state index is 0.0940. The van der Waals surface area contributed by atoms with Crippen molar-refractivity contribution in [2.24, 2.45) is 0 Å². The van der Waals surface area contributed by atoms with E-state index in [-0.39, 0.29) is 11.5 Å². The van der Waals surface area contributed by atoms with Crippen molar-refractivity contribution in [3.05, 3.63) is 118 Å². The molecule has 0 N–H and O–H groups in total. The van der Waals surface area contributed by atoms with Crippen LogP contribution in [0.25, 0.3) is 0 Å². The van der Waals surface area contributed by atoms with Crippen molar-refractivity contribution < 1.29 is 31.3 Å². The molecule has 32 heavy (non-hydrogen) atoms. The first-order valence-electron chi connectivity index (χ1n) is 9.53. The Morgan fingerprint density at radius 2 is 0.938 bits per heavy atom. The Labute approximate surface area is 206 Å². The molecule has 4 rings (SSSR count). The Kier molecular flexibility index (Phi) is 10.8. The van der Waals surface area contributed by atoms with Gasteiger partial charge in [0, 0.05) is 25.5 Å². The van der Waals surface area contributed by atoms with Gasteiger partial charge in [-0.2, -0.15) is 0 Å². The van der Waals surface area contributed by atoms with Crippen LogP contribution in [0.5, 0.6) is 11.5 Å². The topological polar surface area (TPSA) is 73.0 Å². The average Bonchev–Trinajstić information content (AvgIpc) is 2.83. The molecular weight excluding hydrogens is 479 g/mol. The van der Waals surface area contributed by atoms with E-state index in [1.807, 2.05) is 73.1 Å². The molecule has 5 nitrogen and oxygen atoms in total. The van der Waals surface area contributed by atoms with Crippen molar-refractivity contribution in [3.8, 4) is 11.5 Å². The van der Waals surface area contributed by atoms with Gasteiger partial charge in [-0.1, -0.05) is 109 Å². The van der Waals surface area contributed by atoms with Crippen LogP contribution in [0, 0.1) is 9.28 Å². The van der Waals surface area contributed by atoms with Crippen LogP contribution in [-0.2, 0) is 34.1 Å². The molecule has 0 spiro atoms. The second-order valence-electron chi connectivity index (χ2n) is 6.58. The van der Waals surface area contributed by atoms with Crippen molar-refractivity contribution in [2.75, 3.05) is 0 Å². The Hall–Kier alpha value is -2.84. The number of benzene rings is 2. The molecule has 0 saturated heterocycles. The molecule has 0 fully saturated rings. The molecule has 2 heterocycles. The van der Waals surface area contributed by atoms with E-state index in [1.165, 1.54) is 12.1 Å². The Balaban J connectivity index is 0.000000211. The van der Waals surface area contributed by atoms with Gasteiger partial charge in [0.1, 0.15) is 0 Å². The Bertz CT molecular complexity index is 1130. The van der Waals surface area contributed by atoms with Crippen LogP contribution >= 0.6 is 24.4 Å². The first-order valence-corrected chi connectivity index (χ1v) is 10.9. The molecule has 0 aliphatic rings. The van der Waals surface area contributed by atoms with Gasteiger partial charge in [0.2, 0.25) is 0 Å². The second kappa shape index (κ2) is 13.5. The Morgan fingerprint density at radius 1 is 0.594 bits per heavy atom. The summed E-state index contributed by atoms with van der Waals surface area (Å²) in [5.74, 6) is -0.188. The minimum atomic E-state index is -0.0940. The summed E-state index contributed by atoms with van der Waals surface area (Å²) in [4.78, 5) is 0. The molecule has 0 aliphatic carbocycles. The fraction of sp³-hybridized carbons (Fsp3) is 0.0833.